The van der Waals surface area contributed by atoms with Crippen LogP contribution in [0.3, 0.4) is 0 Å². The number of rotatable bonds is 10. The molecule has 0 atom stereocenters. The fourth-order valence-corrected chi connectivity index (χ4v) is 1.00. The van der Waals surface area contributed by atoms with Gasteiger partial charge < -0.3 is 14.2 Å². The zero-order chi connectivity index (χ0) is 11.4. The van der Waals surface area contributed by atoms with Crippen LogP contribution in [0.1, 0.15) is 33.1 Å². The minimum Gasteiger partial charge on any atom is -0.463 e. The van der Waals surface area contributed by atoms with Crippen LogP contribution >= 0.6 is 0 Å². The molecule has 0 aliphatic carbocycles. The van der Waals surface area contributed by atoms with Gasteiger partial charge in [0.05, 0.1) is 6.61 Å². The lowest BCUT2D eigenvalue weighted by Gasteiger charge is -2.05. The van der Waals surface area contributed by atoms with Crippen LogP contribution in [-0.2, 0) is 19.0 Å². The van der Waals surface area contributed by atoms with E-state index in [1.54, 1.807) is 0 Å². The van der Waals surface area contributed by atoms with Crippen molar-refractivity contribution in [3.05, 3.63) is 0 Å². The van der Waals surface area contributed by atoms with E-state index < -0.39 is 0 Å². The van der Waals surface area contributed by atoms with Crippen LogP contribution in [0.15, 0.2) is 0 Å². The number of hydrogen-bond acceptors (Lipinski definition) is 4. The van der Waals surface area contributed by atoms with Gasteiger partial charge >= 0.3 is 5.97 Å². The zero-order valence-corrected chi connectivity index (χ0v) is 9.79. The first-order valence-corrected chi connectivity index (χ1v) is 5.56. The maximum atomic E-state index is 10.4. The van der Waals surface area contributed by atoms with Gasteiger partial charge in [0.2, 0.25) is 0 Å². The molecular formula is C11H22O4. The second-order valence-electron chi connectivity index (χ2n) is 3.27. The third-order valence-corrected chi connectivity index (χ3v) is 1.71. The first-order valence-electron chi connectivity index (χ1n) is 5.56. The summed E-state index contributed by atoms with van der Waals surface area (Å²) >= 11 is 0. The molecule has 0 amide bonds. The molecule has 0 aromatic carbocycles. The average Bonchev–Trinajstić information content (AvgIpc) is 2.20. The van der Waals surface area contributed by atoms with Crippen LogP contribution in [0.25, 0.3) is 0 Å². The normalized spacial score (nSPS) is 10.3. The number of esters is 1. The summed E-state index contributed by atoms with van der Waals surface area (Å²) in [5, 5.41) is 0. The Bertz CT molecular complexity index is 148. The highest BCUT2D eigenvalue weighted by Gasteiger charge is 1.93. The van der Waals surface area contributed by atoms with Gasteiger partial charge in [0.1, 0.15) is 6.61 Å². The van der Waals surface area contributed by atoms with Gasteiger partial charge in [-0.2, -0.15) is 0 Å². The molecule has 0 saturated heterocycles. The Morgan fingerprint density at radius 1 is 0.933 bits per heavy atom. The van der Waals surface area contributed by atoms with Crippen molar-refractivity contribution in [2.24, 2.45) is 0 Å². The summed E-state index contributed by atoms with van der Waals surface area (Å²) in [4.78, 5) is 10.4. The molecule has 0 fully saturated rings. The molecule has 15 heavy (non-hydrogen) atoms. The SMILES string of the molecule is CCCOCCCCOCCOC(C)=O. The fourth-order valence-electron chi connectivity index (χ4n) is 1.00. The lowest BCUT2D eigenvalue weighted by molar-refractivity contribution is -0.142. The van der Waals surface area contributed by atoms with Crippen molar-refractivity contribution < 1.29 is 19.0 Å². The van der Waals surface area contributed by atoms with Crippen LogP contribution in [0, 0.1) is 0 Å². The van der Waals surface area contributed by atoms with E-state index in [2.05, 4.69) is 6.92 Å². The molecule has 90 valence electrons. The van der Waals surface area contributed by atoms with Gasteiger partial charge in [-0.1, -0.05) is 6.92 Å². The van der Waals surface area contributed by atoms with E-state index in [4.69, 9.17) is 14.2 Å². The fraction of sp³-hybridized carbons (Fsp3) is 0.909. The highest BCUT2D eigenvalue weighted by Crippen LogP contribution is 1.92. The lowest BCUT2D eigenvalue weighted by atomic mass is 10.3. The van der Waals surface area contributed by atoms with E-state index in [1.165, 1.54) is 6.92 Å². The zero-order valence-electron chi connectivity index (χ0n) is 9.79. The molecule has 0 aromatic rings. The Morgan fingerprint density at radius 3 is 2.07 bits per heavy atom. The van der Waals surface area contributed by atoms with Gasteiger partial charge in [0, 0.05) is 26.7 Å². The number of hydrogen-bond donors (Lipinski definition) is 0. The molecule has 4 heteroatoms. The summed E-state index contributed by atoms with van der Waals surface area (Å²) in [7, 11) is 0. The Balaban J connectivity index is 2.89. The summed E-state index contributed by atoms with van der Waals surface area (Å²) in [6, 6.07) is 0. The Labute approximate surface area is 91.9 Å². The van der Waals surface area contributed by atoms with Crippen molar-refractivity contribution in [1.29, 1.82) is 0 Å². The summed E-state index contributed by atoms with van der Waals surface area (Å²) < 4.78 is 15.3. The van der Waals surface area contributed by atoms with E-state index in [9.17, 15) is 4.79 Å². The standard InChI is InChI=1S/C11H22O4/c1-3-6-13-7-4-5-8-14-9-10-15-11(2)12/h3-10H2,1-2H3. The van der Waals surface area contributed by atoms with Crippen LogP contribution in [0.5, 0.6) is 0 Å². The van der Waals surface area contributed by atoms with Crippen molar-refractivity contribution in [3.63, 3.8) is 0 Å². The first-order chi connectivity index (χ1) is 7.27. The number of carbonyl (C=O) groups is 1. The number of carbonyl (C=O) groups excluding carboxylic acids is 1. The van der Waals surface area contributed by atoms with Crippen molar-refractivity contribution in [2.45, 2.75) is 33.1 Å². The van der Waals surface area contributed by atoms with E-state index in [1.807, 2.05) is 0 Å². The maximum absolute atomic E-state index is 10.4. The first kappa shape index (κ1) is 14.4. The highest BCUT2D eigenvalue weighted by molar-refractivity contribution is 5.65. The Kier molecular flexibility index (Phi) is 11.0. The molecule has 0 saturated carbocycles. The predicted molar refractivity (Wildman–Crippen MR) is 57.8 cm³/mol. The molecule has 0 heterocycles. The minimum atomic E-state index is -0.258. The molecule has 0 aromatic heterocycles. The minimum absolute atomic E-state index is 0.258. The topological polar surface area (TPSA) is 44.8 Å². The van der Waals surface area contributed by atoms with Crippen molar-refractivity contribution in [2.75, 3.05) is 33.0 Å². The molecule has 0 radical (unpaired) electrons. The highest BCUT2D eigenvalue weighted by atomic mass is 16.6. The Morgan fingerprint density at radius 2 is 1.53 bits per heavy atom. The molecular weight excluding hydrogens is 196 g/mol. The van der Waals surface area contributed by atoms with Crippen molar-refractivity contribution in [1.82, 2.24) is 0 Å². The maximum Gasteiger partial charge on any atom is 0.302 e. The second kappa shape index (κ2) is 11.5. The van der Waals surface area contributed by atoms with Gasteiger partial charge in [-0.15, -0.1) is 0 Å². The van der Waals surface area contributed by atoms with Gasteiger partial charge in [0.25, 0.3) is 0 Å². The smallest absolute Gasteiger partial charge is 0.302 e. The molecule has 0 aliphatic heterocycles. The van der Waals surface area contributed by atoms with Crippen molar-refractivity contribution in [3.8, 4) is 0 Å². The van der Waals surface area contributed by atoms with Crippen LogP contribution in [0.2, 0.25) is 0 Å². The molecule has 0 bridgehead atoms. The summed E-state index contributed by atoms with van der Waals surface area (Å²) in [5.74, 6) is -0.258. The molecule has 4 nitrogen and oxygen atoms in total. The van der Waals surface area contributed by atoms with Crippen LogP contribution in [0.4, 0.5) is 0 Å². The van der Waals surface area contributed by atoms with Gasteiger partial charge in [-0.3, -0.25) is 4.79 Å². The van der Waals surface area contributed by atoms with Gasteiger partial charge in [-0.05, 0) is 19.3 Å². The van der Waals surface area contributed by atoms with Crippen LogP contribution in [-0.4, -0.2) is 39.0 Å². The monoisotopic (exact) mass is 218 g/mol. The second-order valence-corrected chi connectivity index (χ2v) is 3.27. The third kappa shape index (κ3) is 13.4. The van der Waals surface area contributed by atoms with Crippen LogP contribution < -0.4 is 0 Å². The summed E-state index contributed by atoms with van der Waals surface area (Å²) in [6.45, 7) is 6.67. The molecule has 0 N–H and O–H groups in total. The average molecular weight is 218 g/mol. The molecule has 0 spiro atoms. The van der Waals surface area contributed by atoms with Gasteiger partial charge in [-0.25, -0.2) is 0 Å². The van der Waals surface area contributed by atoms with E-state index in [0.717, 1.165) is 32.5 Å². The lowest BCUT2D eigenvalue weighted by Crippen LogP contribution is -2.08. The summed E-state index contributed by atoms with van der Waals surface area (Å²) in [6.07, 6.45) is 3.08. The summed E-state index contributed by atoms with van der Waals surface area (Å²) in [5.41, 5.74) is 0. The van der Waals surface area contributed by atoms with Gasteiger partial charge in [0.15, 0.2) is 0 Å². The van der Waals surface area contributed by atoms with Crippen molar-refractivity contribution >= 4 is 5.97 Å². The predicted octanol–water partition coefficient (Wildman–Crippen LogP) is 1.77. The Hall–Kier alpha value is -0.610. The largest absolute Gasteiger partial charge is 0.463 e. The molecule has 0 rings (SSSR count). The van der Waals surface area contributed by atoms with E-state index in [-0.39, 0.29) is 5.97 Å². The molecule has 0 unspecified atom stereocenters. The number of ether oxygens (including phenoxy) is 3. The third-order valence-electron chi connectivity index (χ3n) is 1.71. The van der Waals surface area contributed by atoms with E-state index >= 15 is 0 Å². The quantitative estimate of drug-likeness (QED) is 0.414. The van der Waals surface area contributed by atoms with E-state index in [0.29, 0.717) is 19.8 Å². The molecule has 0 aliphatic rings. The number of unbranched alkanes of at least 4 members (excludes halogenated alkanes) is 1.